The molecule has 2 nitrogen and oxygen atoms in total. The van der Waals surface area contributed by atoms with E-state index in [9.17, 15) is 4.79 Å². The van der Waals surface area contributed by atoms with Gasteiger partial charge in [-0.25, -0.2) is 0 Å². The van der Waals surface area contributed by atoms with E-state index in [0.717, 1.165) is 18.5 Å². The molecule has 1 heterocycles. The van der Waals surface area contributed by atoms with Crippen molar-refractivity contribution in [2.24, 2.45) is 11.8 Å². The molecule has 1 amide bonds. The molecule has 2 rings (SSSR count). The van der Waals surface area contributed by atoms with Gasteiger partial charge >= 0.3 is 0 Å². The lowest BCUT2D eigenvalue weighted by molar-refractivity contribution is -0.129. The average Bonchev–Trinajstić information content (AvgIpc) is 2.65. The minimum absolute atomic E-state index is 0.0782. The van der Waals surface area contributed by atoms with Crippen molar-refractivity contribution in [3.63, 3.8) is 0 Å². The first kappa shape index (κ1) is 15.5. The Morgan fingerprint density at radius 1 is 1.21 bits per heavy atom. The fraction of sp³-hybridized carbons (Fsp3) is 0.471. The molecule has 0 aromatic carbocycles. The molecule has 104 valence electrons. The maximum atomic E-state index is 12.1. The number of amides is 1. The fourth-order valence-electron chi connectivity index (χ4n) is 2.86. The highest BCUT2D eigenvalue weighted by Gasteiger charge is 2.44. The Labute approximate surface area is 117 Å². The monoisotopic (exact) mass is 259 g/mol. The lowest BCUT2D eigenvalue weighted by atomic mass is 9.76. The Bertz CT molecular complexity index is 442. The van der Waals surface area contributed by atoms with E-state index in [1.165, 1.54) is 11.1 Å². The third-order valence-electron chi connectivity index (χ3n) is 3.90. The maximum Gasteiger partial charge on any atom is 0.230 e. The molecule has 0 radical (unpaired) electrons. The van der Waals surface area contributed by atoms with E-state index in [0.29, 0.717) is 0 Å². The largest absolute Gasteiger partial charge is 0.319 e. The molecule has 0 aromatic heterocycles. The summed E-state index contributed by atoms with van der Waals surface area (Å²) in [5, 5.41) is 0. The number of allylic oxidation sites excluding steroid dienone is 6. The summed E-state index contributed by atoms with van der Waals surface area (Å²) in [6, 6.07) is 0. The van der Waals surface area contributed by atoms with Crippen molar-refractivity contribution in [2.45, 2.75) is 33.6 Å². The summed E-state index contributed by atoms with van der Waals surface area (Å²) in [6.07, 6.45) is 7.77. The molecule has 1 fully saturated rings. The van der Waals surface area contributed by atoms with Gasteiger partial charge in [0.2, 0.25) is 5.91 Å². The molecule has 1 aliphatic carbocycles. The zero-order valence-electron chi connectivity index (χ0n) is 12.6. The van der Waals surface area contributed by atoms with Crippen molar-refractivity contribution in [2.75, 3.05) is 7.05 Å². The van der Waals surface area contributed by atoms with Gasteiger partial charge in [0.25, 0.3) is 0 Å². The normalized spacial score (nSPS) is 26.4. The fourth-order valence-corrected chi connectivity index (χ4v) is 2.86. The van der Waals surface area contributed by atoms with Gasteiger partial charge < -0.3 is 4.90 Å². The van der Waals surface area contributed by atoms with Crippen LogP contribution in [-0.2, 0) is 4.79 Å². The van der Waals surface area contributed by atoms with Crippen LogP contribution in [0.3, 0.4) is 0 Å². The Morgan fingerprint density at radius 3 is 2.32 bits per heavy atom. The van der Waals surface area contributed by atoms with Crippen molar-refractivity contribution in [1.29, 1.82) is 0 Å². The first-order valence-corrected chi connectivity index (χ1v) is 7.03. The number of likely N-dealkylation sites (tertiary alicyclic amines) is 1. The predicted molar refractivity (Wildman–Crippen MR) is 81.5 cm³/mol. The second-order valence-corrected chi connectivity index (χ2v) is 4.76. The molecule has 19 heavy (non-hydrogen) atoms. The number of hydrogen-bond donors (Lipinski definition) is 0. The molecule has 1 aliphatic heterocycles. The third kappa shape index (κ3) is 2.73. The second kappa shape index (κ2) is 6.55. The van der Waals surface area contributed by atoms with Crippen LogP contribution in [0.25, 0.3) is 0 Å². The summed E-state index contributed by atoms with van der Waals surface area (Å²) in [6.45, 7) is 13.9. The van der Waals surface area contributed by atoms with E-state index in [1.54, 1.807) is 4.90 Å². The van der Waals surface area contributed by atoms with Crippen LogP contribution < -0.4 is 0 Å². The predicted octanol–water partition coefficient (Wildman–Crippen LogP) is 4.08. The van der Waals surface area contributed by atoms with E-state index in [1.807, 2.05) is 40.0 Å². The Hall–Kier alpha value is -1.57. The molecular formula is C17H25NO. The van der Waals surface area contributed by atoms with E-state index >= 15 is 0 Å². The van der Waals surface area contributed by atoms with Crippen LogP contribution in [0.1, 0.15) is 33.6 Å². The van der Waals surface area contributed by atoms with Gasteiger partial charge in [0.1, 0.15) is 0 Å². The average molecular weight is 259 g/mol. The SMILES string of the molecule is C=CC1=C(/C=C\C)CC2C(=C)N(C)C(=O)C2C1.CC. The van der Waals surface area contributed by atoms with E-state index in [4.69, 9.17) is 0 Å². The topological polar surface area (TPSA) is 20.3 Å². The second-order valence-electron chi connectivity index (χ2n) is 4.76. The molecule has 0 aromatic rings. The smallest absolute Gasteiger partial charge is 0.230 e. The molecule has 0 saturated carbocycles. The number of carbonyl (C=O) groups is 1. The van der Waals surface area contributed by atoms with Gasteiger partial charge in [-0.2, -0.15) is 0 Å². The molecule has 0 spiro atoms. The van der Waals surface area contributed by atoms with Crippen molar-refractivity contribution < 1.29 is 4.79 Å². The minimum Gasteiger partial charge on any atom is -0.319 e. The molecular weight excluding hydrogens is 234 g/mol. The number of rotatable bonds is 2. The first-order chi connectivity index (χ1) is 9.10. The highest BCUT2D eigenvalue weighted by atomic mass is 16.2. The lowest BCUT2D eigenvalue weighted by Crippen LogP contribution is -2.24. The van der Waals surface area contributed by atoms with Crippen LogP contribution >= 0.6 is 0 Å². The number of carbonyl (C=O) groups excluding carboxylic acids is 1. The first-order valence-electron chi connectivity index (χ1n) is 7.03. The molecule has 2 unspecified atom stereocenters. The molecule has 2 aliphatic rings. The summed E-state index contributed by atoms with van der Waals surface area (Å²) >= 11 is 0. The number of hydrogen-bond acceptors (Lipinski definition) is 1. The Kier molecular flexibility index (Phi) is 5.34. The van der Waals surface area contributed by atoms with E-state index < -0.39 is 0 Å². The highest BCUT2D eigenvalue weighted by molar-refractivity contribution is 5.85. The van der Waals surface area contributed by atoms with Crippen LogP contribution in [0, 0.1) is 11.8 Å². The quantitative estimate of drug-likeness (QED) is 0.731. The maximum absolute atomic E-state index is 12.1. The molecule has 0 N–H and O–H groups in total. The van der Waals surface area contributed by atoms with Crippen molar-refractivity contribution >= 4 is 5.91 Å². The van der Waals surface area contributed by atoms with Gasteiger partial charge in [0.15, 0.2) is 0 Å². The van der Waals surface area contributed by atoms with E-state index in [2.05, 4.69) is 19.2 Å². The molecule has 2 atom stereocenters. The molecule has 1 saturated heterocycles. The summed E-state index contributed by atoms with van der Waals surface area (Å²) in [5.41, 5.74) is 3.47. The van der Waals surface area contributed by atoms with Gasteiger partial charge in [0.05, 0.1) is 5.92 Å². The summed E-state index contributed by atoms with van der Waals surface area (Å²) in [5.74, 6) is 0.566. The van der Waals surface area contributed by atoms with Crippen LogP contribution in [0.15, 0.2) is 48.2 Å². The van der Waals surface area contributed by atoms with Crippen LogP contribution in [0.5, 0.6) is 0 Å². The zero-order chi connectivity index (χ0) is 14.6. The van der Waals surface area contributed by atoms with Gasteiger partial charge in [-0.15, -0.1) is 0 Å². The van der Waals surface area contributed by atoms with Gasteiger partial charge in [-0.05, 0) is 30.9 Å². The Balaban J connectivity index is 0.000000861. The van der Waals surface area contributed by atoms with Crippen LogP contribution in [-0.4, -0.2) is 17.9 Å². The Morgan fingerprint density at radius 2 is 1.79 bits per heavy atom. The van der Waals surface area contributed by atoms with E-state index in [-0.39, 0.29) is 17.7 Å². The zero-order valence-corrected chi connectivity index (χ0v) is 12.6. The van der Waals surface area contributed by atoms with Gasteiger partial charge in [0, 0.05) is 18.7 Å². The minimum atomic E-state index is 0.0782. The molecule has 2 heteroatoms. The summed E-state index contributed by atoms with van der Waals surface area (Å²) in [4.78, 5) is 13.8. The summed E-state index contributed by atoms with van der Waals surface area (Å²) in [7, 11) is 1.83. The van der Waals surface area contributed by atoms with Crippen LogP contribution in [0.4, 0.5) is 0 Å². The van der Waals surface area contributed by atoms with Gasteiger partial charge in [-0.1, -0.05) is 45.2 Å². The number of fused-ring (bicyclic) bond motifs is 1. The summed E-state index contributed by atoms with van der Waals surface area (Å²) < 4.78 is 0. The highest BCUT2D eigenvalue weighted by Crippen LogP contribution is 2.44. The van der Waals surface area contributed by atoms with Crippen molar-refractivity contribution in [3.05, 3.63) is 48.2 Å². The lowest BCUT2D eigenvalue weighted by Gasteiger charge is -2.26. The standard InChI is InChI=1S/C15H19NO.C2H6/c1-5-7-12-9-13-10(3)16(4)15(17)14(13)8-11(12)6-2;1-2/h5-7,13-14H,2-3,8-9H2,1,4H3;1-2H3/b7-5-;. The van der Waals surface area contributed by atoms with Crippen molar-refractivity contribution in [3.8, 4) is 0 Å². The molecule has 0 bridgehead atoms. The van der Waals surface area contributed by atoms with Crippen LogP contribution in [0.2, 0.25) is 0 Å². The van der Waals surface area contributed by atoms with Crippen molar-refractivity contribution in [1.82, 2.24) is 4.90 Å². The number of nitrogens with zero attached hydrogens (tertiary/aromatic N) is 1. The third-order valence-corrected chi connectivity index (χ3v) is 3.90. The van der Waals surface area contributed by atoms with Gasteiger partial charge in [-0.3, -0.25) is 4.79 Å².